The van der Waals surface area contributed by atoms with Crippen LogP contribution < -0.4 is 5.32 Å². The normalized spacial score (nSPS) is 18.8. The fraction of sp³-hybridized carbons (Fsp3) is 0.533. The zero-order chi connectivity index (χ0) is 15.1. The predicted molar refractivity (Wildman–Crippen MR) is 81.5 cm³/mol. The number of carbonyl (C=O) groups excluding carboxylic acids is 1. The summed E-state index contributed by atoms with van der Waals surface area (Å²) in [5.41, 5.74) is 1.05. The van der Waals surface area contributed by atoms with Gasteiger partial charge in [0.25, 0.3) is 0 Å². The molecule has 1 atom stereocenters. The summed E-state index contributed by atoms with van der Waals surface area (Å²) in [7, 11) is 1.64. The molecule has 116 valence electrons. The van der Waals surface area contributed by atoms with Gasteiger partial charge in [0.05, 0.1) is 26.3 Å². The largest absolute Gasteiger partial charge is 0.383 e. The minimum atomic E-state index is -0.0843. The van der Waals surface area contributed by atoms with E-state index in [1.807, 2.05) is 29.2 Å². The van der Waals surface area contributed by atoms with Crippen LogP contribution in [0.2, 0.25) is 5.02 Å². The van der Waals surface area contributed by atoms with Gasteiger partial charge in [0, 0.05) is 25.2 Å². The molecule has 1 fully saturated rings. The first kappa shape index (κ1) is 16.2. The van der Waals surface area contributed by atoms with Crippen molar-refractivity contribution in [1.29, 1.82) is 0 Å². The van der Waals surface area contributed by atoms with Gasteiger partial charge >= 0.3 is 0 Å². The Morgan fingerprint density at radius 2 is 2.24 bits per heavy atom. The van der Waals surface area contributed by atoms with Crippen molar-refractivity contribution in [3.63, 3.8) is 0 Å². The lowest BCUT2D eigenvalue weighted by molar-refractivity contribution is -0.138. The average molecular weight is 313 g/mol. The maximum absolute atomic E-state index is 12.1. The number of methoxy groups -OCH3 is 1. The number of morpholine rings is 1. The number of benzene rings is 1. The summed E-state index contributed by atoms with van der Waals surface area (Å²) in [6.45, 7) is 3.37. The molecule has 1 heterocycles. The van der Waals surface area contributed by atoms with Gasteiger partial charge in [-0.05, 0) is 17.7 Å². The highest BCUT2D eigenvalue weighted by Gasteiger charge is 2.24. The molecule has 1 aliphatic heterocycles. The van der Waals surface area contributed by atoms with Gasteiger partial charge in [-0.3, -0.25) is 4.79 Å². The average Bonchev–Trinajstić information content (AvgIpc) is 2.52. The minimum absolute atomic E-state index is 0.0843. The van der Waals surface area contributed by atoms with Crippen molar-refractivity contribution in [1.82, 2.24) is 10.2 Å². The Hall–Kier alpha value is -1.14. The first-order valence-corrected chi connectivity index (χ1v) is 7.43. The number of nitrogens with zero attached hydrogens (tertiary/aromatic N) is 1. The monoisotopic (exact) mass is 312 g/mol. The molecule has 1 saturated heterocycles. The fourth-order valence-electron chi connectivity index (χ4n) is 2.24. The minimum Gasteiger partial charge on any atom is -0.383 e. The molecular formula is C15H21ClN2O3. The Balaban J connectivity index is 1.85. The van der Waals surface area contributed by atoms with Crippen LogP contribution in [0.3, 0.4) is 0 Å². The maximum atomic E-state index is 12.1. The van der Waals surface area contributed by atoms with Crippen LogP contribution in [-0.2, 0) is 14.3 Å². The molecule has 0 saturated carbocycles. The van der Waals surface area contributed by atoms with Crippen molar-refractivity contribution in [2.24, 2.45) is 0 Å². The van der Waals surface area contributed by atoms with E-state index in [1.54, 1.807) is 7.11 Å². The van der Waals surface area contributed by atoms with Crippen LogP contribution in [0.25, 0.3) is 0 Å². The van der Waals surface area contributed by atoms with Crippen molar-refractivity contribution < 1.29 is 14.3 Å². The van der Waals surface area contributed by atoms with Crippen molar-refractivity contribution in [3.8, 4) is 0 Å². The van der Waals surface area contributed by atoms with E-state index in [2.05, 4.69) is 5.32 Å². The fourth-order valence-corrected chi connectivity index (χ4v) is 2.36. The van der Waals surface area contributed by atoms with E-state index < -0.39 is 0 Å². The van der Waals surface area contributed by atoms with Crippen molar-refractivity contribution in [3.05, 3.63) is 34.9 Å². The molecule has 6 heteroatoms. The highest BCUT2D eigenvalue weighted by Crippen LogP contribution is 2.23. The molecule has 1 aromatic rings. The summed E-state index contributed by atoms with van der Waals surface area (Å²) < 4.78 is 10.7. The SMILES string of the molecule is COCCNCC(=O)N1CCOC(c2ccc(Cl)cc2)C1. The molecule has 0 aromatic heterocycles. The van der Waals surface area contributed by atoms with Gasteiger partial charge in [-0.1, -0.05) is 23.7 Å². The summed E-state index contributed by atoms with van der Waals surface area (Å²) in [6.07, 6.45) is -0.0843. The molecule has 0 radical (unpaired) electrons. The third-order valence-corrected chi connectivity index (χ3v) is 3.67. The lowest BCUT2D eigenvalue weighted by Crippen LogP contribution is -2.46. The molecule has 2 rings (SSSR count). The highest BCUT2D eigenvalue weighted by atomic mass is 35.5. The number of rotatable bonds is 6. The second-order valence-electron chi connectivity index (χ2n) is 4.92. The zero-order valence-corrected chi connectivity index (χ0v) is 12.9. The highest BCUT2D eigenvalue weighted by molar-refractivity contribution is 6.30. The van der Waals surface area contributed by atoms with Crippen LogP contribution in [0.5, 0.6) is 0 Å². The molecule has 0 aliphatic carbocycles. The van der Waals surface area contributed by atoms with E-state index in [0.717, 1.165) is 5.56 Å². The number of halogens is 1. The van der Waals surface area contributed by atoms with Gasteiger partial charge in [0.1, 0.15) is 6.10 Å². The zero-order valence-electron chi connectivity index (χ0n) is 12.2. The van der Waals surface area contributed by atoms with Crippen molar-refractivity contribution in [2.45, 2.75) is 6.10 Å². The van der Waals surface area contributed by atoms with E-state index in [4.69, 9.17) is 21.1 Å². The third kappa shape index (κ3) is 4.97. The second kappa shape index (κ2) is 8.34. The molecule has 5 nitrogen and oxygen atoms in total. The molecular weight excluding hydrogens is 292 g/mol. The number of carbonyl (C=O) groups is 1. The lowest BCUT2D eigenvalue weighted by atomic mass is 10.1. The summed E-state index contributed by atoms with van der Waals surface area (Å²) >= 11 is 5.89. The Morgan fingerprint density at radius 3 is 2.95 bits per heavy atom. The number of ether oxygens (including phenoxy) is 2. The Bertz CT molecular complexity index is 453. The van der Waals surface area contributed by atoms with E-state index in [1.165, 1.54) is 0 Å². The summed E-state index contributed by atoms with van der Waals surface area (Å²) in [4.78, 5) is 14.0. The van der Waals surface area contributed by atoms with E-state index in [-0.39, 0.29) is 12.0 Å². The second-order valence-corrected chi connectivity index (χ2v) is 5.36. The van der Waals surface area contributed by atoms with Crippen molar-refractivity contribution >= 4 is 17.5 Å². The Kier molecular flexibility index (Phi) is 6.45. The number of hydrogen-bond donors (Lipinski definition) is 1. The number of amides is 1. The summed E-state index contributed by atoms with van der Waals surface area (Å²) in [6, 6.07) is 7.57. The number of nitrogens with one attached hydrogen (secondary N) is 1. The molecule has 1 aliphatic rings. The van der Waals surface area contributed by atoms with Crippen LogP contribution in [0.1, 0.15) is 11.7 Å². The quantitative estimate of drug-likeness (QED) is 0.808. The predicted octanol–water partition coefficient (Wildman–Crippen LogP) is 1.48. The van der Waals surface area contributed by atoms with Gasteiger partial charge in [-0.15, -0.1) is 0 Å². The molecule has 1 unspecified atom stereocenters. The molecule has 1 aromatic carbocycles. The maximum Gasteiger partial charge on any atom is 0.236 e. The lowest BCUT2D eigenvalue weighted by Gasteiger charge is -2.33. The van der Waals surface area contributed by atoms with Crippen LogP contribution >= 0.6 is 11.6 Å². The van der Waals surface area contributed by atoms with Crippen LogP contribution in [0.15, 0.2) is 24.3 Å². The first-order valence-electron chi connectivity index (χ1n) is 7.05. The van der Waals surface area contributed by atoms with Crippen LogP contribution in [0.4, 0.5) is 0 Å². The van der Waals surface area contributed by atoms with Crippen molar-refractivity contribution in [2.75, 3.05) is 46.5 Å². The van der Waals surface area contributed by atoms with Gasteiger partial charge in [-0.25, -0.2) is 0 Å². The molecule has 1 N–H and O–H groups in total. The van der Waals surface area contributed by atoms with Gasteiger partial charge in [0.15, 0.2) is 0 Å². The van der Waals surface area contributed by atoms with Gasteiger partial charge in [-0.2, -0.15) is 0 Å². The van der Waals surface area contributed by atoms with E-state index >= 15 is 0 Å². The van der Waals surface area contributed by atoms with Crippen LogP contribution in [-0.4, -0.2) is 57.3 Å². The first-order chi connectivity index (χ1) is 10.2. The summed E-state index contributed by atoms with van der Waals surface area (Å²) in [5.74, 6) is 0.0911. The molecule has 0 spiro atoms. The van der Waals surface area contributed by atoms with Gasteiger partial charge in [0.2, 0.25) is 5.91 Å². The number of hydrogen-bond acceptors (Lipinski definition) is 4. The Labute approximate surface area is 130 Å². The smallest absolute Gasteiger partial charge is 0.236 e. The van der Waals surface area contributed by atoms with E-state index in [0.29, 0.717) is 44.4 Å². The van der Waals surface area contributed by atoms with Gasteiger partial charge < -0.3 is 19.7 Å². The topological polar surface area (TPSA) is 50.8 Å². The molecule has 0 bridgehead atoms. The Morgan fingerprint density at radius 1 is 1.48 bits per heavy atom. The summed E-state index contributed by atoms with van der Waals surface area (Å²) in [5, 5.41) is 3.77. The molecule has 21 heavy (non-hydrogen) atoms. The third-order valence-electron chi connectivity index (χ3n) is 3.42. The molecule has 1 amide bonds. The van der Waals surface area contributed by atoms with Crippen LogP contribution in [0, 0.1) is 0 Å². The standard InChI is InChI=1S/C15H21ClN2O3/c1-20-8-6-17-10-15(19)18-7-9-21-14(11-18)12-2-4-13(16)5-3-12/h2-5,14,17H,6-11H2,1H3. The van der Waals surface area contributed by atoms with E-state index in [9.17, 15) is 4.79 Å².